The number of aromatic nitrogens is 7. The summed E-state index contributed by atoms with van der Waals surface area (Å²) in [5.74, 6) is 1.09. The molecule has 0 aromatic carbocycles. The Kier molecular flexibility index (Phi) is 6.90. The summed E-state index contributed by atoms with van der Waals surface area (Å²) in [7, 11) is -3.51. The third kappa shape index (κ3) is 5.50. The number of nitrogens with zero attached hydrogens (tertiary/aromatic N) is 7. The minimum atomic E-state index is -3.51. The zero-order valence-electron chi connectivity index (χ0n) is 21.2. The Hall–Kier alpha value is -4.01. The molecule has 0 radical (unpaired) electrons. The fraction of sp³-hybridized carbons (Fsp3) is 0.400. The third-order valence-corrected chi connectivity index (χ3v) is 8.98. The van der Waals surface area contributed by atoms with Crippen molar-refractivity contribution in [2.24, 2.45) is 0 Å². The minimum absolute atomic E-state index is 0.00675. The van der Waals surface area contributed by atoms with Crippen LogP contribution in [0, 0.1) is 0 Å². The van der Waals surface area contributed by atoms with Gasteiger partial charge in [-0.05, 0) is 50.7 Å². The second-order valence-corrected chi connectivity index (χ2v) is 12.0. The van der Waals surface area contributed by atoms with Crippen molar-refractivity contribution in [3.8, 4) is 22.6 Å². The molecule has 15 heteroatoms. The van der Waals surface area contributed by atoms with Gasteiger partial charge in [-0.15, -0.1) is 0 Å². The van der Waals surface area contributed by atoms with E-state index in [0.29, 0.717) is 77.4 Å². The summed E-state index contributed by atoms with van der Waals surface area (Å²) in [6, 6.07) is 4.84. The second kappa shape index (κ2) is 10.5. The van der Waals surface area contributed by atoms with Crippen molar-refractivity contribution in [2.45, 2.75) is 62.5 Å². The van der Waals surface area contributed by atoms with Crippen LogP contribution in [-0.2, 0) is 10.0 Å². The molecule has 0 spiro atoms. The number of alkyl halides is 3. The van der Waals surface area contributed by atoms with Crippen molar-refractivity contribution < 1.29 is 21.6 Å². The van der Waals surface area contributed by atoms with Crippen LogP contribution in [0.5, 0.6) is 0 Å². The Labute approximate surface area is 227 Å². The fourth-order valence-corrected chi connectivity index (χ4v) is 6.11. The molecule has 0 atom stereocenters. The van der Waals surface area contributed by atoms with Crippen LogP contribution in [0.2, 0.25) is 0 Å². The summed E-state index contributed by atoms with van der Waals surface area (Å²) in [5.41, 5.74) is 1.90. The van der Waals surface area contributed by atoms with E-state index in [4.69, 9.17) is 0 Å². The predicted molar refractivity (Wildman–Crippen MR) is 141 cm³/mol. The zero-order valence-corrected chi connectivity index (χ0v) is 22.0. The molecule has 0 amide bonds. The van der Waals surface area contributed by atoms with Gasteiger partial charge in [-0.25, -0.2) is 32.4 Å². The van der Waals surface area contributed by atoms with Crippen molar-refractivity contribution in [1.82, 2.24) is 33.9 Å². The summed E-state index contributed by atoms with van der Waals surface area (Å²) in [6.45, 7) is -2.77. The number of hydrogen-bond donors (Lipinski definition) is 2. The summed E-state index contributed by atoms with van der Waals surface area (Å²) in [5, 5.41) is 14.1. The van der Waals surface area contributed by atoms with E-state index in [2.05, 4.69) is 35.8 Å². The van der Waals surface area contributed by atoms with Crippen LogP contribution in [0.25, 0.3) is 22.6 Å². The SMILES string of the molecule is O=S(=O)(C1CC1)n1cc(-c2nccc(Nc3cc(NC4CCC(F)CC4)c(-c4ccn(C(F)F)n4)cn3)n2)cn1. The molecule has 2 N–H and O–H groups in total. The van der Waals surface area contributed by atoms with Gasteiger partial charge in [-0.1, -0.05) is 0 Å². The molecule has 40 heavy (non-hydrogen) atoms. The Bertz CT molecular complexity index is 1610. The molecule has 2 aliphatic carbocycles. The molecule has 0 saturated heterocycles. The van der Waals surface area contributed by atoms with Gasteiger partial charge in [0, 0.05) is 41.9 Å². The Morgan fingerprint density at radius 1 is 1.00 bits per heavy atom. The van der Waals surface area contributed by atoms with Crippen molar-refractivity contribution >= 4 is 27.3 Å². The van der Waals surface area contributed by atoms with Crippen LogP contribution in [0.15, 0.2) is 49.2 Å². The third-order valence-electron chi connectivity index (χ3n) is 6.94. The van der Waals surface area contributed by atoms with E-state index in [0.717, 1.165) is 4.09 Å². The van der Waals surface area contributed by atoms with Crippen molar-refractivity contribution in [3.05, 3.63) is 49.2 Å². The maximum atomic E-state index is 13.7. The fourth-order valence-electron chi connectivity index (χ4n) is 4.63. The first kappa shape index (κ1) is 26.2. The summed E-state index contributed by atoms with van der Waals surface area (Å²) >= 11 is 0. The average molecular weight is 574 g/mol. The second-order valence-electron chi connectivity index (χ2n) is 9.90. The maximum Gasteiger partial charge on any atom is 0.333 e. The van der Waals surface area contributed by atoms with Crippen molar-refractivity contribution in [3.63, 3.8) is 0 Å². The normalized spacial score (nSPS) is 19.6. The number of hydrogen-bond acceptors (Lipinski definition) is 9. The zero-order chi connectivity index (χ0) is 27.9. The molecule has 0 aliphatic heterocycles. The molecular weight excluding hydrogens is 547 g/mol. The van der Waals surface area contributed by atoms with Gasteiger partial charge in [0.15, 0.2) is 5.82 Å². The molecule has 11 nitrogen and oxygen atoms in total. The van der Waals surface area contributed by atoms with Gasteiger partial charge in [-0.2, -0.15) is 23.1 Å². The Morgan fingerprint density at radius 2 is 1.80 bits per heavy atom. The summed E-state index contributed by atoms with van der Waals surface area (Å²) in [4.78, 5) is 13.2. The van der Waals surface area contributed by atoms with Gasteiger partial charge in [0.2, 0.25) is 0 Å². The first-order valence-electron chi connectivity index (χ1n) is 12.9. The van der Waals surface area contributed by atoms with Crippen LogP contribution >= 0.6 is 0 Å². The average Bonchev–Trinajstić information content (AvgIpc) is 3.48. The first-order valence-corrected chi connectivity index (χ1v) is 14.4. The maximum absolute atomic E-state index is 13.7. The predicted octanol–water partition coefficient (Wildman–Crippen LogP) is 4.77. The van der Waals surface area contributed by atoms with Crippen LogP contribution < -0.4 is 10.6 Å². The van der Waals surface area contributed by atoms with E-state index in [-0.39, 0.29) is 11.9 Å². The molecule has 4 aromatic rings. The van der Waals surface area contributed by atoms with Gasteiger partial charge in [-0.3, -0.25) is 0 Å². The summed E-state index contributed by atoms with van der Waals surface area (Å²) in [6.07, 6.45) is 9.65. The van der Waals surface area contributed by atoms with Gasteiger partial charge < -0.3 is 10.6 Å². The summed E-state index contributed by atoms with van der Waals surface area (Å²) < 4.78 is 66.5. The first-order chi connectivity index (χ1) is 19.3. The number of pyridine rings is 1. The largest absolute Gasteiger partial charge is 0.382 e. The van der Waals surface area contributed by atoms with E-state index in [9.17, 15) is 21.6 Å². The standard InChI is InChI=1S/C25H26F3N9O2S/c26-16-1-3-17(4-2-16)32-21-11-23(30-13-19(21)20-8-10-36(35-20)25(27)28)33-22-7-9-29-24(34-22)15-12-31-37(14-15)40(38,39)18-5-6-18/h7-14,16-18,25H,1-6H2,(H2,29,30,32,33,34). The number of nitrogens with one attached hydrogen (secondary N) is 2. The highest BCUT2D eigenvalue weighted by Crippen LogP contribution is 2.33. The van der Waals surface area contributed by atoms with Gasteiger partial charge >= 0.3 is 6.55 Å². The number of anilines is 3. The molecule has 2 saturated carbocycles. The molecular formula is C25H26F3N9O2S. The molecule has 210 valence electrons. The van der Waals surface area contributed by atoms with Crippen molar-refractivity contribution in [2.75, 3.05) is 10.6 Å². The molecule has 4 aromatic heterocycles. The minimum Gasteiger partial charge on any atom is -0.382 e. The molecule has 2 aliphatic rings. The molecule has 4 heterocycles. The molecule has 6 rings (SSSR count). The molecule has 2 fully saturated rings. The lowest BCUT2D eigenvalue weighted by molar-refractivity contribution is 0.0568. The van der Waals surface area contributed by atoms with E-state index >= 15 is 0 Å². The number of rotatable bonds is 9. The molecule has 0 unspecified atom stereocenters. The highest BCUT2D eigenvalue weighted by Gasteiger charge is 2.37. The monoisotopic (exact) mass is 573 g/mol. The Balaban J connectivity index is 1.26. The molecule has 0 bridgehead atoms. The van der Waals surface area contributed by atoms with Crippen LogP contribution in [-0.4, -0.2) is 59.8 Å². The van der Waals surface area contributed by atoms with E-state index in [1.807, 2.05) is 0 Å². The highest BCUT2D eigenvalue weighted by molar-refractivity contribution is 7.90. The lowest BCUT2D eigenvalue weighted by Crippen LogP contribution is -2.27. The van der Waals surface area contributed by atoms with Gasteiger partial charge in [0.05, 0.1) is 28.9 Å². The van der Waals surface area contributed by atoms with Gasteiger partial charge in [0.25, 0.3) is 10.0 Å². The van der Waals surface area contributed by atoms with E-state index < -0.39 is 28.0 Å². The van der Waals surface area contributed by atoms with E-state index in [1.165, 1.54) is 37.1 Å². The lowest BCUT2D eigenvalue weighted by atomic mass is 9.93. The quantitative estimate of drug-likeness (QED) is 0.291. The lowest BCUT2D eigenvalue weighted by Gasteiger charge is -2.27. The smallest absolute Gasteiger partial charge is 0.333 e. The van der Waals surface area contributed by atoms with Crippen molar-refractivity contribution in [1.29, 1.82) is 0 Å². The topological polar surface area (TPSA) is 133 Å². The van der Waals surface area contributed by atoms with Crippen LogP contribution in [0.1, 0.15) is 45.1 Å². The van der Waals surface area contributed by atoms with Crippen LogP contribution in [0.3, 0.4) is 0 Å². The number of halogens is 3. The Morgan fingerprint density at radius 3 is 2.52 bits per heavy atom. The highest BCUT2D eigenvalue weighted by atomic mass is 32.2. The van der Waals surface area contributed by atoms with E-state index in [1.54, 1.807) is 12.1 Å². The van der Waals surface area contributed by atoms with Gasteiger partial charge in [0.1, 0.15) is 17.8 Å². The van der Waals surface area contributed by atoms with Crippen LogP contribution in [0.4, 0.5) is 30.5 Å².